The minimum atomic E-state index is -0.680. The van der Waals surface area contributed by atoms with E-state index in [1.807, 2.05) is 19.9 Å². The summed E-state index contributed by atoms with van der Waals surface area (Å²) in [5.41, 5.74) is 2.58. The minimum absolute atomic E-state index is 0.0473. The van der Waals surface area contributed by atoms with Gasteiger partial charge in [0.05, 0.1) is 12.7 Å². The Hall–Kier alpha value is -1.68. The van der Waals surface area contributed by atoms with Gasteiger partial charge in [0.25, 0.3) is 0 Å². The lowest BCUT2D eigenvalue weighted by atomic mass is 9.84. The zero-order valence-corrected chi connectivity index (χ0v) is 17.2. The van der Waals surface area contributed by atoms with Crippen molar-refractivity contribution >= 4 is 0 Å². The Labute approximate surface area is 164 Å². The normalized spacial score (nSPS) is 25.3. The summed E-state index contributed by atoms with van der Waals surface area (Å²) in [4.78, 5) is 2.39. The van der Waals surface area contributed by atoms with E-state index in [1.165, 1.54) is 11.1 Å². The number of likely N-dealkylation sites (tertiary alicyclic amines) is 1. The molecular weight excluding hydrogens is 334 g/mol. The summed E-state index contributed by atoms with van der Waals surface area (Å²) in [6.45, 7) is 10.8. The summed E-state index contributed by atoms with van der Waals surface area (Å²) >= 11 is 0. The number of nitrogens with zero attached hydrogens (tertiary/aromatic N) is 1. The van der Waals surface area contributed by atoms with Gasteiger partial charge in [-0.15, -0.1) is 0 Å². The van der Waals surface area contributed by atoms with Gasteiger partial charge in [0.2, 0.25) is 0 Å². The van der Waals surface area contributed by atoms with E-state index in [2.05, 4.69) is 73.4 Å². The van der Waals surface area contributed by atoms with Gasteiger partial charge in [-0.1, -0.05) is 88.4 Å². The fraction of sp³-hybridized carbons (Fsp3) is 0.500. The quantitative estimate of drug-likeness (QED) is 0.818. The molecule has 0 bridgehead atoms. The lowest BCUT2D eigenvalue weighted by Gasteiger charge is -2.23. The number of aliphatic hydroxyl groups is 2. The lowest BCUT2D eigenvalue weighted by Crippen LogP contribution is -2.31. The molecule has 1 saturated heterocycles. The third kappa shape index (κ3) is 5.90. The van der Waals surface area contributed by atoms with Crippen molar-refractivity contribution in [3.63, 3.8) is 0 Å². The Balaban J connectivity index is 0.00000126. The van der Waals surface area contributed by atoms with Crippen molar-refractivity contribution in [2.75, 3.05) is 19.7 Å². The van der Waals surface area contributed by atoms with Crippen LogP contribution in [0.5, 0.6) is 0 Å². The highest BCUT2D eigenvalue weighted by atomic mass is 16.3. The summed E-state index contributed by atoms with van der Waals surface area (Å²) in [7, 11) is 0. The van der Waals surface area contributed by atoms with E-state index in [0.29, 0.717) is 0 Å². The summed E-state index contributed by atoms with van der Waals surface area (Å²) in [6, 6.07) is 10.4. The molecule has 148 valence electrons. The van der Waals surface area contributed by atoms with Gasteiger partial charge >= 0.3 is 0 Å². The molecule has 1 aromatic carbocycles. The average molecular weight is 370 g/mol. The Morgan fingerprint density at radius 1 is 1.11 bits per heavy atom. The van der Waals surface area contributed by atoms with Crippen molar-refractivity contribution in [3.8, 4) is 0 Å². The lowest BCUT2D eigenvalue weighted by molar-refractivity contribution is 0.0406. The SMILES string of the molecule is CC.CC1(C)C=CC=C([C@H]2CN(Cc3ccccc3)CC2C(O)CO)C=C1. The summed E-state index contributed by atoms with van der Waals surface area (Å²) in [6.07, 6.45) is 10.2. The van der Waals surface area contributed by atoms with Crippen LogP contribution in [-0.2, 0) is 6.54 Å². The predicted octanol–water partition coefficient (Wildman–Crippen LogP) is 4.19. The maximum absolute atomic E-state index is 10.4. The number of allylic oxidation sites excluding steroid dienone is 5. The molecule has 1 fully saturated rings. The first-order valence-corrected chi connectivity index (χ1v) is 10.1. The summed E-state index contributed by atoms with van der Waals surface area (Å²) in [5, 5.41) is 19.9. The van der Waals surface area contributed by atoms with Crippen LogP contribution in [0.1, 0.15) is 33.3 Å². The first kappa shape index (κ1) is 21.6. The van der Waals surface area contributed by atoms with Crippen LogP contribution in [0.4, 0.5) is 0 Å². The summed E-state index contributed by atoms with van der Waals surface area (Å²) in [5.74, 6) is 0.292. The Bertz CT molecular complexity index is 660. The van der Waals surface area contributed by atoms with Gasteiger partial charge in [0.15, 0.2) is 0 Å². The highest BCUT2D eigenvalue weighted by molar-refractivity contribution is 5.34. The van der Waals surface area contributed by atoms with Crippen LogP contribution < -0.4 is 0 Å². The highest BCUT2D eigenvalue weighted by Gasteiger charge is 2.38. The molecule has 0 radical (unpaired) electrons. The first-order valence-electron chi connectivity index (χ1n) is 10.1. The van der Waals surface area contributed by atoms with E-state index in [9.17, 15) is 10.2 Å². The highest BCUT2D eigenvalue weighted by Crippen LogP contribution is 2.35. The number of benzene rings is 1. The van der Waals surface area contributed by atoms with E-state index < -0.39 is 6.10 Å². The molecule has 0 saturated carbocycles. The van der Waals surface area contributed by atoms with Gasteiger partial charge in [-0.3, -0.25) is 4.90 Å². The molecule has 0 aromatic heterocycles. The first-order chi connectivity index (χ1) is 13.0. The van der Waals surface area contributed by atoms with Crippen LogP contribution in [0.2, 0.25) is 0 Å². The Morgan fingerprint density at radius 2 is 1.81 bits per heavy atom. The van der Waals surface area contributed by atoms with E-state index >= 15 is 0 Å². The van der Waals surface area contributed by atoms with Crippen molar-refractivity contribution in [1.82, 2.24) is 4.90 Å². The predicted molar refractivity (Wildman–Crippen MR) is 113 cm³/mol. The molecule has 2 unspecified atom stereocenters. The molecule has 2 N–H and O–H groups in total. The molecule has 1 aliphatic carbocycles. The van der Waals surface area contributed by atoms with Crippen molar-refractivity contribution in [2.24, 2.45) is 17.3 Å². The molecule has 3 heteroatoms. The van der Waals surface area contributed by atoms with Gasteiger partial charge in [-0.2, -0.15) is 0 Å². The molecule has 3 nitrogen and oxygen atoms in total. The molecule has 3 atom stereocenters. The zero-order chi connectivity index (χ0) is 19.9. The molecule has 0 amide bonds. The molecule has 3 rings (SSSR count). The Kier molecular flexibility index (Phi) is 8.03. The van der Waals surface area contributed by atoms with Crippen molar-refractivity contribution in [3.05, 3.63) is 71.8 Å². The van der Waals surface area contributed by atoms with Crippen LogP contribution in [0.15, 0.2) is 66.3 Å². The van der Waals surface area contributed by atoms with E-state index in [1.54, 1.807) is 0 Å². The number of hydrogen-bond donors (Lipinski definition) is 2. The second kappa shape index (κ2) is 10.0. The van der Waals surface area contributed by atoms with Gasteiger partial charge in [0, 0.05) is 36.9 Å². The molecule has 1 aliphatic heterocycles. The van der Waals surface area contributed by atoms with Crippen LogP contribution in [0, 0.1) is 17.3 Å². The molecule has 0 spiro atoms. The minimum Gasteiger partial charge on any atom is -0.394 e. The van der Waals surface area contributed by atoms with Gasteiger partial charge < -0.3 is 10.2 Å². The molecule has 2 aliphatic rings. The summed E-state index contributed by atoms with van der Waals surface area (Å²) < 4.78 is 0. The topological polar surface area (TPSA) is 43.7 Å². The van der Waals surface area contributed by atoms with E-state index in [-0.39, 0.29) is 23.9 Å². The second-order valence-corrected chi connectivity index (χ2v) is 7.88. The number of hydrogen-bond acceptors (Lipinski definition) is 3. The van der Waals surface area contributed by atoms with Crippen LogP contribution in [-0.4, -0.2) is 40.9 Å². The zero-order valence-electron chi connectivity index (χ0n) is 17.2. The third-order valence-corrected chi connectivity index (χ3v) is 5.32. The van der Waals surface area contributed by atoms with Crippen molar-refractivity contribution in [2.45, 2.75) is 40.3 Å². The van der Waals surface area contributed by atoms with E-state index in [4.69, 9.17) is 0 Å². The second-order valence-electron chi connectivity index (χ2n) is 7.88. The van der Waals surface area contributed by atoms with Gasteiger partial charge in [0.1, 0.15) is 0 Å². The fourth-order valence-corrected chi connectivity index (χ4v) is 3.84. The molecule has 1 heterocycles. The largest absolute Gasteiger partial charge is 0.394 e. The van der Waals surface area contributed by atoms with Crippen LogP contribution in [0.25, 0.3) is 0 Å². The van der Waals surface area contributed by atoms with Crippen molar-refractivity contribution in [1.29, 1.82) is 0 Å². The average Bonchev–Trinajstić information content (AvgIpc) is 3.00. The maximum Gasteiger partial charge on any atom is 0.0817 e. The fourth-order valence-electron chi connectivity index (χ4n) is 3.84. The van der Waals surface area contributed by atoms with E-state index in [0.717, 1.165) is 19.6 Å². The number of aliphatic hydroxyl groups excluding tert-OH is 2. The van der Waals surface area contributed by atoms with Crippen molar-refractivity contribution < 1.29 is 10.2 Å². The van der Waals surface area contributed by atoms with Gasteiger partial charge in [-0.05, 0) is 11.1 Å². The van der Waals surface area contributed by atoms with Crippen LogP contribution >= 0.6 is 0 Å². The smallest absolute Gasteiger partial charge is 0.0817 e. The number of rotatable bonds is 5. The van der Waals surface area contributed by atoms with Gasteiger partial charge in [-0.25, -0.2) is 0 Å². The van der Waals surface area contributed by atoms with Crippen LogP contribution in [0.3, 0.4) is 0 Å². The maximum atomic E-state index is 10.4. The Morgan fingerprint density at radius 3 is 2.48 bits per heavy atom. The molecule has 1 aromatic rings. The molecular formula is C24H35NO2. The standard InChI is InChI=1S/C22H29NO2.C2H6/c1-22(2)11-6-9-18(10-12-22)19-14-23(15-20(19)21(25)16-24)13-17-7-4-3-5-8-17;1-2/h3-12,19-21,24-25H,13-16H2,1-2H3;1-2H3/t19-,20?,21?;/m1./s1. The monoisotopic (exact) mass is 369 g/mol. The third-order valence-electron chi connectivity index (χ3n) is 5.32. The molecule has 27 heavy (non-hydrogen) atoms.